The Morgan fingerprint density at radius 2 is 2.28 bits per heavy atom. The molecule has 1 fully saturated rings. The average Bonchev–Trinajstić information content (AvgIpc) is 2.77. The smallest absolute Gasteiger partial charge is 0.293 e. The largest absolute Gasteiger partial charge is 0.397 e. The summed E-state index contributed by atoms with van der Waals surface area (Å²) in [5, 5.41) is 0. The van der Waals surface area contributed by atoms with E-state index < -0.39 is 15.2 Å². The number of hydrogen-bond donors (Lipinski definition) is 0. The minimum absolute atomic E-state index is 0.0672. The van der Waals surface area contributed by atoms with Gasteiger partial charge in [0, 0.05) is 28.5 Å². The lowest BCUT2D eigenvalue weighted by atomic mass is 9.28. The Balaban J connectivity index is 2.60. The second-order valence-corrected chi connectivity index (χ2v) is 6.03. The van der Waals surface area contributed by atoms with Crippen molar-refractivity contribution in [3.05, 3.63) is 0 Å². The van der Waals surface area contributed by atoms with E-state index in [-0.39, 0.29) is 17.8 Å². The quantitative estimate of drug-likeness (QED) is 0.443. The Labute approximate surface area is 118 Å². The molecule has 0 spiro atoms. The zero-order valence-corrected chi connectivity index (χ0v) is 11.8. The van der Waals surface area contributed by atoms with Crippen LogP contribution < -0.4 is 0 Å². The Bertz CT molecular complexity index is 271. The fourth-order valence-electron chi connectivity index (χ4n) is 2.04. The molecule has 0 aromatic heterocycles. The molecule has 0 saturated heterocycles. The van der Waals surface area contributed by atoms with Gasteiger partial charge in [0.15, 0.2) is 0 Å². The van der Waals surface area contributed by atoms with Gasteiger partial charge in [-0.2, -0.15) is 0 Å². The number of methoxy groups -OCH3 is 1. The van der Waals surface area contributed by atoms with E-state index in [9.17, 15) is 0 Å². The molecular formula is C8H16B5NO3P. The van der Waals surface area contributed by atoms with Crippen LogP contribution >= 0.6 is 8.53 Å². The third-order valence-electron chi connectivity index (χ3n) is 3.05. The van der Waals surface area contributed by atoms with E-state index in [4.69, 9.17) is 38.6 Å². The molecule has 0 amide bonds. The van der Waals surface area contributed by atoms with Crippen molar-refractivity contribution in [2.24, 2.45) is 5.92 Å². The molecule has 0 bridgehead atoms. The van der Waals surface area contributed by atoms with Crippen molar-refractivity contribution >= 4 is 46.5 Å². The van der Waals surface area contributed by atoms with Crippen LogP contribution in [0.2, 0.25) is 5.82 Å². The molecule has 1 aliphatic rings. The van der Waals surface area contributed by atoms with Crippen molar-refractivity contribution in [3.8, 4) is 0 Å². The third-order valence-corrected chi connectivity index (χ3v) is 4.47. The van der Waals surface area contributed by atoms with Gasteiger partial charge in [-0.1, -0.05) is 12.2 Å². The summed E-state index contributed by atoms with van der Waals surface area (Å²) in [7, 11) is 19.7. The van der Waals surface area contributed by atoms with Crippen LogP contribution in [0, 0.1) is 5.92 Å². The van der Waals surface area contributed by atoms with Crippen molar-refractivity contribution < 1.29 is 13.7 Å². The molecule has 1 rings (SSSR count). The van der Waals surface area contributed by atoms with Crippen LogP contribution in [0.1, 0.15) is 12.8 Å². The van der Waals surface area contributed by atoms with Crippen molar-refractivity contribution in [2.45, 2.75) is 24.8 Å². The Morgan fingerprint density at radius 3 is 2.78 bits per heavy atom. The van der Waals surface area contributed by atoms with Gasteiger partial charge in [0.05, 0.1) is 20.5 Å². The molecule has 4 nitrogen and oxygen atoms in total. The van der Waals surface area contributed by atoms with E-state index in [1.165, 1.54) is 7.81 Å². The van der Waals surface area contributed by atoms with Gasteiger partial charge in [0.25, 0.3) is 8.05 Å². The predicted octanol–water partition coefficient (Wildman–Crippen LogP) is -0.302. The van der Waals surface area contributed by atoms with E-state index in [1.54, 1.807) is 18.7 Å². The first kappa shape index (κ1) is 15.0. The highest BCUT2D eigenvalue weighted by Crippen LogP contribution is 2.47. The third kappa shape index (κ3) is 4.61. The summed E-state index contributed by atoms with van der Waals surface area (Å²) in [6, 6.07) is 0. The molecule has 4 atom stereocenters. The summed E-state index contributed by atoms with van der Waals surface area (Å²) in [6.45, 7) is -0.114. The molecule has 18 heavy (non-hydrogen) atoms. The first-order valence-electron chi connectivity index (χ1n) is 6.39. The van der Waals surface area contributed by atoms with Gasteiger partial charge in [-0.15, -0.1) is 0 Å². The van der Waals surface area contributed by atoms with Crippen LogP contribution in [0.15, 0.2) is 0 Å². The fourth-order valence-corrected chi connectivity index (χ4v) is 3.10. The van der Waals surface area contributed by atoms with Gasteiger partial charge in [-0.25, -0.2) is 0 Å². The SMILES string of the molecule is [2H][B]C1CC(COC)C(OP(O[B])N(C)B([B])[B])C1. The first-order valence-corrected chi connectivity index (χ1v) is 6.94. The lowest BCUT2D eigenvalue weighted by Gasteiger charge is -2.32. The predicted molar refractivity (Wildman–Crippen MR) is 79.2 cm³/mol. The summed E-state index contributed by atoms with van der Waals surface area (Å²) < 4.78 is 24.8. The zero-order valence-electron chi connectivity index (χ0n) is 11.9. The molecule has 0 N–H and O–H groups in total. The van der Waals surface area contributed by atoms with Crippen LogP contribution in [0.3, 0.4) is 0 Å². The van der Waals surface area contributed by atoms with Crippen LogP contribution in [-0.2, 0) is 13.7 Å². The topological polar surface area (TPSA) is 30.9 Å². The number of ether oxygens (including phenoxy) is 1. The molecule has 0 aliphatic heterocycles. The van der Waals surface area contributed by atoms with E-state index >= 15 is 0 Å². The monoisotopic (exact) mass is 261 g/mol. The van der Waals surface area contributed by atoms with Crippen LogP contribution in [0.5, 0.6) is 0 Å². The summed E-state index contributed by atoms with van der Waals surface area (Å²) in [5.74, 6) is 0.427. The lowest BCUT2D eigenvalue weighted by Crippen LogP contribution is -2.35. The number of rotatable bonds is 8. The second kappa shape index (κ2) is 8.01. The maximum absolute atomic E-state index is 7.37. The standard InChI is InChI=1S/C8H16B5NO3P/c1-14(13(10)11)18(17-12)16-8-4-7(9)3-6(8)5-15-2/h6-9H,3-5H2,1-2H3/i9D. The summed E-state index contributed by atoms with van der Waals surface area (Å²) in [6.07, 6.45) is 1.56. The van der Waals surface area contributed by atoms with Gasteiger partial charge in [0.2, 0.25) is 8.53 Å². The Kier molecular flexibility index (Phi) is 6.67. The number of hydrogen-bond acceptors (Lipinski definition) is 4. The van der Waals surface area contributed by atoms with Gasteiger partial charge in [-0.3, -0.25) is 4.58 Å². The summed E-state index contributed by atoms with van der Waals surface area (Å²) in [4.78, 5) is 0. The molecular weight excluding hydrogens is 243 g/mol. The highest BCUT2D eigenvalue weighted by atomic mass is 31.2. The highest BCUT2D eigenvalue weighted by Gasteiger charge is 2.35. The van der Waals surface area contributed by atoms with Crippen molar-refractivity contribution in [2.75, 3.05) is 20.8 Å². The van der Waals surface area contributed by atoms with E-state index in [0.717, 1.165) is 12.8 Å². The second-order valence-electron chi connectivity index (χ2n) is 4.50. The minimum Gasteiger partial charge on any atom is -0.397 e. The van der Waals surface area contributed by atoms with Crippen LogP contribution in [0.4, 0.5) is 0 Å². The maximum Gasteiger partial charge on any atom is 0.293 e. The van der Waals surface area contributed by atoms with E-state index in [1.807, 2.05) is 0 Å². The van der Waals surface area contributed by atoms with Gasteiger partial charge < -0.3 is 13.7 Å². The zero-order chi connectivity index (χ0) is 14.4. The summed E-state index contributed by atoms with van der Waals surface area (Å²) >= 11 is 0. The molecule has 0 aromatic carbocycles. The van der Waals surface area contributed by atoms with Crippen LogP contribution in [-0.4, -0.2) is 70.7 Å². The van der Waals surface area contributed by atoms with Crippen LogP contribution in [0.25, 0.3) is 0 Å². The van der Waals surface area contributed by atoms with Gasteiger partial charge in [0.1, 0.15) is 6.63 Å². The Morgan fingerprint density at radius 1 is 1.56 bits per heavy atom. The van der Waals surface area contributed by atoms with Crippen molar-refractivity contribution in [3.63, 3.8) is 0 Å². The van der Waals surface area contributed by atoms with Crippen molar-refractivity contribution in [1.82, 2.24) is 4.58 Å². The minimum atomic E-state index is -1.50. The highest BCUT2D eigenvalue weighted by molar-refractivity contribution is 7.51. The molecule has 91 valence electrons. The fraction of sp³-hybridized carbons (Fsp3) is 1.00. The molecule has 7 radical (unpaired) electrons. The number of nitrogens with zero attached hydrogens (tertiary/aromatic N) is 1. The maximum atomic E-state index is 7.37. The molecule has 1 saturated carbocycles. The first-order chi connectivity index (χ1) is 9.03. The average molecular weight is 260 g/mol. The normalized spacial score (nSPS) is 30.2. The van der Waals surface area contributed by atoms with Gasteiger partial charge in [-0.05, 0) is 14.8 Å². The van der Waals surface area contributed by atoms with Crippen molar-refractivity contribution in [1.29, 1.82) is 1.34 Å². The van der Waals surface area contributed by atoms with Gasteiger partial charge >= 0.3 is 0 Å². The van der Waals surface area contributed by atoms with E-state index in [0.29, 0.717) is 6.61 Å². The lowest BCUT2D eigenvalue weighted by molar-refractivity contribution is 0.0815. The Hall–Kier alpha value is 0.595. The molecule has 4 unspecified atom stereocenters. The molecule has 0 aromatic rings. The van der Waals surface area contributed by atoms with E-state index in [2.05, 4.69) is 0 Å². The molecule has 1 aliphatic carbocycles. The molecule has 10 heteroatoms. The summed E-state index contributed by atoms with van der Waals surface area (Å²) in [5.41, 5.74) is 0. The molecule has 0 heterocycles.